The molecule has 0 radical (unpaired) electrons. The van der Waals surface area contributed by atoms with Gasteiger partial charge < -0.3 is 0 Å². The average Bonchev–Trinajstić information content (AvgIpc) is 2.05. The van der Waals surface area contributed by atoms with Crippen molar-refractivity contribution in [1.82, 2.24) is 0 Å². The first kappa shape index (κ1) is 10.6. The number of allylic oxidation sites excluding steroid dienone is 3. The second-order valence-corrected chi connectivity index (χ2v) is 4.99. The van der Waals surface area contributed by atoms with Gasteiger partial charge in [0, 0.05) is 0 Å². The zero-order valence-electron chi connectivity index (χ0n) is 9.43. The molecule has 2 bridgehead atoms. The maximum absolute atomic E-state index is 3.36. The van der Waals surface area contributed by atoms with Crippen molar-refractivity contribution in [3.63, 3.8) is 0 Å². The Morgan fingerprint density at radius 2 is 2.08 bits per heavy atom. The molecule has 3 aliphatic rings. The largest absolute Gasteiger partial charge is 0.103 e. The third-order valence-corrected chi connectivity index (χ3v) is 3.60. The molecule has 0 aromatic rings. The van der Waals surface area contributed by atoms with Gasteiger partial charge >= 0.3 is 0 Å². The smallest absolute Gasteiger partial charge is 0.0174 e. The lowest BCUT2D eigenvalue weighted by atomic mass is 9.50. The van der Waals surface area contributed by atoms with Crippen molar-refractivity contribution in [3.8, 4) is 0 Å². The van der Waals surface area contributed by atoms with E-state index >= 15 is 0 Å². The number of hydrogen-bond donors (Lipinski definition) is 0. The predicted molar refractivity (Wildman–Crippen MR) is 59.6 cm³/mol. The summed E-state index contributed by atoms with van der Waals surface area (Å²) < 4.78 is 0. The van der Waals surface area contributed by atoms with Gasteiger partial charge in [0.15, 0.2) is 0 Å². The van der Waals surface area contributed by atoms with Crippen LogP contribution in [0.2, 0.25) is 0 Å². The maximum atomic E-state index is 3.36. The fraction of sp³-hybridized carbons (Fsp3) is 0.692. The molecule has 0 spiro atoms. The minimum Gasteiger partial charge on any atom is -0.103 e. The highest BCUT2D eigenvalue weighted by Crippen LogP contribution is 2.57. The van der Waals surface area contributed by atoms with E-state index in [1.54, 1.807) is 11.6 Å². The summed E-state index contributed by atoms with van der Waals surface area (Å²) in [5.41, 5.74) is 2.26. The fourth-order valence-electron chi connectivity index (χ4n) is 2.49. The molecule has 2 unspecified atom stereocenters. The Balaban J connectivity index is 0.000000251. The molecule has 3 rings (SSSR count). The second-order valence-electron chi connectivity index (χ2n) is 4.99. The fourth-order valence-corrected chi connectivity index (χ4v) is 2.49. The van der Waals surface area contributed by atoms with Gasteiger partial charge in [-0.1, -0.05) is 31.6 Å². The van der Waals surface area contributed by atoms with Crippen LogP contribution in [0.5, 0.6) is 0 Å². The Morgan fingerprint density at radius 3 is 2.31 bits per heavy atom. The Morgan fingerprint density at radius 1 is 1.54 bits per heavy atom. The van der Waals surface area contributed by atoms with E-state index in [4.69, 9.17) is 0 Å². The van der Waals surface area contributed by atoms with E-state index in [1.807, 2.05) is 6.92 Å². The van der Waals surface area contributed by atoms with Gasteiger partial charge in [-0.2, -0.15) is 0 Å². The summed E-state index contributed by atoms with van der Waals surface area (Å²) >= 11 is 0. The quantitative estimate of drug-likeness (QED) is 0.488. The highest BCUT2D eigenvalue weighted by Gasteiger charge is 2.48. The molecular weight excluding hydrogens is 156 g/mol. The first-order valence-electron chi connectivity index (χ1n) is 5.26. The SMILES string of the molecule is C=CC.CC1=CC2CC(C1)C2(C)C. The zero-order chi connectivity index (χ0) is 10.1. The van der Waals surface area contributed by atoms with Crippen LogP contribution in [0.25, 0.3) is 0 Å². The number of fused-ring (bicyclic) bond motifs is 1. The minimum absolute atomic E-state index is 0.638. The van der Waals surface area contributed by atoms with E-state index < -0.39 is 0 Å². The monoisotopic (exact) mass is 178 g/mol. The van der Waals surface area contributed by atoms with Gasteiger partial charge in [0.1, 0.15) is 0 Å². The highest BCUT2D eigenvalue weighted by molar-refractivity contribution is 5.19. The van der Waals surface area contributed by atoms with Crippen LogP contribution in [-0.4, -0.2) is 0 Å². The van der Waals surface area contributed by atoms with Crippen LogP contribution in [0.15, 0.2) is 24.3 Å². The van der Waals surface area contributed by atoms with Crippen molar-refractivity contribution in [1.29, 1.82) is 0 Å². The van der Waals surface area contributed by atoms with Gasteiger partial charge in [-0.15, -0.1) is 6.58 Å². The second kappa shape index (κ2) is 3.69. The molecule has 74 valence electrons. The Bertz CT molecular complexity index is 220. The third kappa shape index (κ3) is 1.87. The van der Waals surface area contributed by atoms with Crippen LogP contribution in [0.3, 0.4) is 0 Å². The van der Waals surface area contributed by atoms with Crippen molar-refractivity contribution < 1.29 is 0 Å². The van der Waals surface area contributed by atoms with Crippen LogP contribution in [0, 0.1) is 17.3 Å². The molecule has 0 nitrogen and oxygen atoms in total. The van der Waals surface area contributed by atoms with E-state index in [0.717, 1.165) is 11.8 Å². The van der Waals surface area contributed by atoms with Gasteiger partial charge in [0.05, 0.1) is 0 Å². The molecular formula is C13H22. The molecule has 0 amide bonds. The summed E-state index contributed by atoms with van der Waals surface area (Å²) in [4.78, 5) is 0. The first-order chi connectivity index (χ1) is 6.02. The predicted octanol–water partition coefficient (Wildman–Crippen LogP) is 4.19. The lowest BCUT2D eigenvalue weighted by molar-refractivity contribution is -0.000651. The van der Waals surface area contributed by atoms with Crippen LogP contribution >= 0.6 is 0 Å². The van der Waals surface area contributed by atoms with Crippen molar-refractivity contribution in [2.75, 3.05) is 0 Å². The van der Waals surface area contributed by atoms with Crippen LogP contribution < -0.4 is 0 Å². The van der Waals surface area contributed by atoms with Crippen molar-refractivity contribution in [2.24, 2.45) is 17.3 Å². The van der Waals surface area contributed by atoms with Crippen LogP contribution in [0.1, 0.15) is 40.5 Å². The molecule has 0 saturated heterocycles. The lowest BCUT2D eigenvalue weighted by Gasteiger charge is -2.55. The topological polar surface area (TPSA) is 0 Å². The first-order valence-corrected chi connectivity index (χ1v) is 5.26. The van der Waals surface area contributed by atoms with E-state index in [1.165, 1.54) is 12.8 Å². The molecule has 0 aliphatic heterocycles. The molecule has 1 saturated carbocycles. The molecule has 1 fully saturated rings. The molecule has 0 aromatic heterocycles. The van der Waals surface area contributed by atoms with E-state index in [0.29, 0.717) is 5.41 Å². The van der Waals surface area contributed by atoms with Gasteiger partial charge in [-0.3, -0.25) is 0 Å². The molecule has 13 heavy (non-hydrogen) atoms. The number of hydrogen-bond acceptors (Lipinski definition) is 0. The molecule has 2 atom stereocenters. The molecule has 0 heterocycles. The lowest BCUT2D eigenvalue weighted by Crippen LogP contribution is -2.46. The Kier molecular flexibility index (Phi) is 3.00. The normalized spacial score (nSPS) is 33.4. The average molecular weight is 178 g/mol. The van der Waals surface area contributed by atoms with Gasteiger partial charge in [0.25, 0.3) is 0 Å². The standard InChI is InChI=1S/C10H16.C3H6/c1-7-4-8-6-9(5-7)10(8,2)3;1-3-2/h4,8-9H,5-6H2,1-3H3;3H,1H2,2H3. The summed E-state index contributed by atoms with van der Waals surface area (Å²) in [6, 6.07) is 0. The summed E-state index contributed by atoms with van der Waals surface area (Å²) in [6.07, 6.45) is 7.06. The highest BCUT2D eigenvalue weighted by atomic mass is 14.5. The van der Waals surface area contributed by atoms with Crippen molar-refractivity contribution in [3.05, 3.63) is 24.3 Å². The van der Waals surface area contributed by atoms with Gasteiger partial charge in [-0.25, -0.2) is 0 Å². The Labute approximate surface area is 82.7 Å². The zero-order valence-corrected chi connectivity index (χ0v) is 9.43. The summed E-state index contributed by atoms with van der Waals surface area (Å²) in [7, 11) is 0. The molecule has 0 aromatic carbocycles. The molecule has 0 N–H and O–H groups in total. The summed E-state index contributed by atoms with van der Waals surface area (Å²) in [5.74, 6) is 1.91. The summed E-state index contributed by atoms with van der Waals surface area (Å²) in [5, 5.41) is 0. The third-order valence-electron chi connectivity index (χ3n) is 3.60. The number of rotatable bonds is 0. The maximum Gasteiger partial charge on any atom is -0.0174 e. The Hall–Kier alpha value is -0.520. The van der Waals surface area contributed by atoms with E-state index in [-0.39, 0.29) is 0 Å². The van der Waals surface area contributed by atoms with Crippen molar-refractivity contribution in [2.45, 2.75) is 40.5 Å². The van der Waals surface area contributed by atoms with Crippen molar-refractivity contribution >= 4 is 0 Å². The molecule has 3 aliphatic carbocycles. The van der Waals surface area contributed by atoms with E-state index in [2.05, 4.69) is 33.4 Å². The van der Waals surface area contributed by atoms with Crippen LogP contribution in [-0.2, 0) is 0 Å². The van der Waals surface area contributed by atoms with Gasteiger partial charge in [0.2, 0.25) is 0 Å². The minimum atomic E-state index is 0.638. The molecule has 0 heteroatoms. The van der Waals surface area contributed by atoms with Crippen LogP contribution in [0.4, 0.5) is 0 Å². The van der Waals surface area contributed by atoms with E-state index in [9.17, 15) is 0 Å². The summed E-state index contributed by atoms with van der Waals surface area (Å²) in [6.45, 7) is 12.3. The van der Waals surface area contributed by atoms with Gasteiger partial charge in [-0.05, 0) is 43.9 Å².